The summed E-state index contributed by atoms with van der Waals surface area (Å²) in [5.41, 5.74) is 1.22. The first-order valence-corrected chi connectivity index (χ1v) is 10.6. The molecule has 174 valence electrons. The van der Waals surface area contributed by atoms with Crippen molar-refractivity contribution in [3.05, 3.63) is 72.6 Å². The Kier molecular flexibility index (Phi) is 6.36. The highest BCUT2D eigenvalue weighted by Crippen LogP contribution is 2.30. The van der Waals surface area contributed by atoms with E-state index in [9.17, 15) is 13.6 Å². The Morgan fingerprint density at radius 3 is 2.56 bits per heavy atom. The van der Waals surface area contributed by atoms with Crippen LogP contribution in [0.25, 0.3) is 22.3 Å². The molecule has 0 atom stereocenters. The van der Waals surface area contributed by atoms with Crippen molar-refractivity contribution in [2.45, 2.75) is 26.3 Å². The molecule has 9 heteroatoms. The van der Waals surface area contributed by atoms with Gasteiger partial charge in [-0.3, -0.25) is 9.78 Å². The van der Waals surface area contributed by atoms with Crippen LogP contribution in [0, 0.1) is 11.6 Å². The summed E-state index contributed by atoms with van der Waals surface area (Å²) in [5, 5.41) is 6.44. The van der Waals surface area contributed by atoms with Gasteiger partial charge >= 0.3 is 0 Å². The Balaban J connectivity index is 1.71. The number of aromatic nitrogens is 3. The summed E-state index contributed by atoms with van der Waals surface area (Å²) in [6.07, 6.45) is 3.28. The van der Waals surface area contributed by atoms with Crippen molar-refractivity contribution in [2.24, 2.45) is 0 Å². The Morgan fingerprint density at radius 2 is 1.85 bits per heavy atom. The summed E-state index contributed by atoms with van der Waals surface area (Å²) in [6, 6.07) is 12.2. The summed E-state index contributed by atoms with van der Waals surface area (Å²) < 4.78 is 32.8. The van der Waals surface area contributed by atoms with Crippen LogP contribution in [-0.2, 0) is 4.79 Å². The van der Waals surface area contributed by atoms with E-state index in [1.165, 1.54) is 6.07 Å². The SMILES string of the molecule is CC(C)(C)NC(=O)COc1ccc2nc(-c3cccnc3)nc(Nc3ccc(F)c(F)c3)c2c1. The molecule has 0 saturated heterocycles. The van der Waals surface area contributed by atoms with E-state index in [0.717, 1.165) is 12.1 Å². The quantitative estimate of drug-likeness (QED) is 0.418. The lowest BCUT2D eigenvalue weighted by atomic mass is 10.1. The average molecular weight is 463 g/mol. The summed E-state index contributed by atoms with van der Waals surface area (Å²) in [4.78, 5) is 25.4. The third-order valence-corrected chi connectivity index (χ3v) is 4.65. The van der Waals surface area contributed by atoms with E-state index in [-0.39, 0.29) is 18.1 Å². The first kappa shape index (κ1) is 23.0. The van der Waals surface area contributed by atoms with E-state index in [4.69, 9.17) is 4.74 Å². The lowest BCUT2D eigenvalue weighted by Crippen LogP contribution is -2.43. The molecule has 0 spiro atoms. The first-order valence-electron chi connectivity index (χ1n) is 10.6. The number of carbonyl (C=O) groups is 1. The number of nitrogens with one attached hydrogen (secondary N) is 2. The van der Waals surface area contributed by atoms with Crippen LogP contribution < -0.4 is 15.4 Å². The Bertz CT molecular complexity index is 1340. The number of ether oxygens (including phenoxy) is 1. The van der Waals surface area contributed by atoms with Crippen LogP contribution in [0.15, 0.2) is 60.9 Å². The molecule has 2 aromatic carbocycles. The van der Waals surface area contributed by atoms with E-state index >= 15 is 0 Å². The lowest BCUT2D eigenvalue weighted by molar-refractivity contribution is -0.124. The smallest absolute Gasteiger partial charge is 0.258 e. The Hall–Kier alpha value is -4.14. The van der Waals surface area contributed by atoms with Crippen LogP contribution in [0.2, 0.25) is 0 Å². The molecule has 4 aromatic rings. The van der Waals surface area contributed by atoms with Gasteiger partial charge in [-0.05, 0) is 63.2 Å². The van der Waals surface area contributed by atoms with Gasteiger partial charge in [0.1, 0.15) is 11.6 Å². The molecular weight excluding hydrogens is 440 g/mol. The molecule has 0 unspecified atom stereocenters. The molecule has 2 heterocycles. The van der Waals surface area contributed by atoms with Crippen LogP contribution in [0.3, 0.4) is 0 Å². The molecule has 7 nitrogen and oxygen atoms in total. The minimum Gasteiger partial charge on any atom is -0.484 e. The van der Waals surface area contributed by atoms with Gasteiger partial charge in [0.2, 0.25) is 0 Å². The summed E-state index contributed by atoms with van der Waals surface area (Å²) in [5.74, 6) is -0.981. The third kappa shape index (κ3) is 5.61. The maximum Gasteiger partial charge on any atom is 0.258 e. The van der Waals surface area contributed by atoms with Crippen molar-refractivity contribution in [1.29, 1.82) is 0 Å². The highest BCUT2D eigenvalue weighted by molar-refractivity contribution is 5.93. The van der Waals surface area contributed by atoms with E-state index in [1.54, 1.807) is 36.7 Å². The van der Waals surface area contributed by atoms with E-state index in [0.29, 0.717) is 39.5 Å². The predicted octanol–water partition coefficient (Wildman–Crippen LogP) is 5.01. The Morgan fingerprint density at radius 1 is 1.03 bits per heavy atom. The van der Waals surface area contributed by atoms with Crippen molar-refractivity contribution < 1.29 is 18.3 Å². The van der Waals surface area contributed by atoms with Crippen molar-refractivity contribution in [3.63, 3.8) is 0 Å². The highest BCUT2D eigenvalue weighted by Gasteiger charge is 2.15. The van der Waals surface area contributed by atoms with Gasteiger partial charge in [0.25, 0.3) is 5.91 Å². The monoisotopic (exact) mass is 463 g/mol. The fourth-order valence-corrected chi connectivity index (χ4v) is 3.23. The second-order valence-electron chi connectivity index (χ2n) is 8.66. The number of carbonyl (C=O) groups excluding carboxylic acids is 1. The molecule has 34 heavy (non-hydrogen) atoms. The molecule has 2 N–H and O–H groups in total. The molecule has 0 aliphatic rings. The van der Waals surface area contributed by atoms with Crippen LogP contribution in [0.1, 0.15) is 20.8 Å². The molecule has 1 amide bonds. The molecule has 0 saturated carbocycles. The molecule has 0 aliphatic heterocycles. The number of amides is 1. The van der Waals surface area contributed by atoms with Crippen LogP contribution >= 0.6 is 0 Å². The molecule has 4 rings (SSSR count). The highest BCUT2D eigenvalue weighted by atomic mass is 19.2. The summed E-state index contributed by atoms with van der Waals surface area (Å²) in [7, 11) is 0. The molecular formula is C25H23F2N5O2. The number of pyridine rings is 1. The largest absolute Gasteiger partial charge is 0.484 e. The van der Waals surface area contributed by atoms with Crippen molar-refractivity contribution in [2.75, 3.05) is 11.9 Å². The van der Waals surface area contributed by atoms with Crippen molar-refractivity contribution >= 4 is 28.3 Å². The van der Waals surface area contributed by atoms with E-state index in [2.05, 4.69) is 25.6 Å². The van der Waals surface area contributed by atoms with Crippen LogP contribution in [0.4, 0.5) is 20.3 Å². The number of anilines is 2. The van der Waals surface area contributed by atoms with Crippen LogP contribution in [-0.4, -0.2) is 33.0 Å². The minimum atomic E-state index is -0.982. The van der Waals surface area contributed by atoms with Gasteiger partial charge < -0.3 is 15.4 Å². The topological polar surface area (TPSA) is 89.0 Å². The third-order valence-electron chi connectivity index (χ3n) is 4.65. The standard InChI is InChI=1S/C25H23F2N5O2/c1-25(2,3)32-22(33)14-34-17-7-9-21-18(12-17)24(29-16-6-8-19(26)20(27)11-16)31-23(30-21)15-5-4-10-28-13-15/h4-13H,14H2,1-3H3,(H,32,33)(H,29,30,31). The molecule has 2 aromatic heterocycles. The van der Waals surface area contributed by atoms with E-state index < -0.39 is 11.6 Å². The first-order chi connectivity index (χ1) is 16.2. The number of nitrogens with zero attached hydrogens (tertiary/aromatic N) is 3. The zero-order valence-corrected chi connectivity index (χ0v) is 18.9. The Labute approximate surface area is 195 Å². The second kappa shape index (κ2) is 9.38. The fourth-order valence-electron chi connectivity index (χ4n) is 3.23. The number of rotatable bonds is 6. The van der Waals surface area contributed by atoms with Gasteiger partial charge in [0.05, 0.1) is 5.52 Å². The zero-order chi connectivity index (χ0) is 24.3. The minimum absolute atomic E-state index is 0.163. The second-order valence-corrected chi connectivity index (χ2v) is 8.66. The van der Waals surface area contributed by atoms with Crippen molar-refractivity contribution in [1.82, 2.24) is 20.3 Å². The molecule has 0 bridgehead atoms. The maximum atomic E-state index is 13.8. The van der Waals surface area contributed by atoms with Gasteiger partial charge in [0, 0.05) is 40.6 Å². The molecule has 0 radical (unpaired) electrons. The molecule has 0 fully saturated rings. The summed E-state index contributed by atoms with van der Waals surface area (Å²) in [6.45, 7) is 5.49. The van der Waals surface area contributed by atoms with E-state index in [1.807, 2.05) is 26.8 Å². The molecule has 0 aliphatic carbocycles. The fraction of sp³-hybridized carbons (Fsp3) is 0.200. The number of hydrogen-bond donors (Lipinski definition) is 2. The zero-order valence-electron chi connectivity index (χ0n) is 18.9. The van der Waals surface area contributed by atoms with Gasteiger partial charge in [-0.25, -0.2) is 18.7 Å². The number of benzene rings is 2. The average Bonchev–Trinajstić information content (AvgIpc) is 2.79. The normalized spacial score (nSPS) is 11.3. The number of hydrogen-bond acceptors (Lipinski definition) is 6. The number of fused-ring (bicyclic) bond motifs is 1. The van der Waals surface area contributed by atoms with Gasteiger partial charge in [0.15, 0.2) is 24.1 Å². The lowest BCUT2D eigenvalue weighted by Gasteiger charge is -2.20. The number of halogens is 2. The van der Waals surface area contributed by atoms with Gasteiger partial charge in [-0.2, -0.15) is 0 Å². The van der Waals surface area contributed by atoms with Crippen LogP contribution in [0.5, 0.6) is 5.75 Å². The predicted molar refractivity (Wildman–Crippen MR) is 126 cm³/mol. The van der Waals surface area contributed by atoms with Gasteiger partial charge in [-0.15, -0.1) is 0 Å². The summed E-state index contributed by atoms with van der Waals surface area (Å²) >= 11 is 0. The van der Waals surface area contributed by atoms with Gasteiger partial charge in [-0.1, -0.05) is 0 Å². The maximum absolute atomic E-state index is 13.8. The van der Waals surface area contributed by atoms with Crippen molar-refractivity contribution in [3.8, 4) is 17.1 Å².